The number of fused-ring (bicyclic) bond motifs is 1. The summed E-state index contributed by atoms with van der Waals surface area (Å²) in [5.74, 6) is 0.226. The SMILES string of the molecule is O=C(C=Cc1ccc(S(=O)(=O)N2CCOCC2)cc1)N1CCCC(c2nc3ccccc3s2)C1. The van der Waals surface area contributed by atoms with E-state index in [2.05, 4.69) is 6.07 Å². The second-order valence-electron chi connectivity index (χ2n) is 8.56. The predicted octanol–water partition coefficient (Wildman–Crippen LogP) is 3.74. The molecule has 2 fully saturated rings. The van der Waals surface area contributed by atoms with Gasteiger partial charge in [-0.25, -0.2) is 13.4 Å². The van der Waals surface area contributed by atoms with Gasteiger partial charge < -0.3 is 9.64 Å². The molecule has 0 saturated carbocycles. The number of sulfonamides is 1. The quantitative estimate of drug-likeness (QED) is 0.502. The number of ether oxygens (including phenoxy) is 1. The number of morpholine rings is 1. The van der Waals surface area contributed by atoms with E-state index < -0.39 is 10.0 Å². The standard InChI is InChI=1S/C25H27N3O4S2/c29-24(27-13-3-4-20(18-27)25-26-22-5-1-2-6-23(22)33-25)12-9-19-7-10-21(11-8-19)34(30,31)28-14-16-32-17-15-28/h1-2,5-12,20H,3-4,13-18H2. The molecule has 178 valence electrons. The van der Waals surface area contributed by atoms with Crippen molar-refractivity contribution in [2.24, 2.45) is 0 Å². The maximum Gasteiger partial charge on any atom is 0.246 e. The number of thiazole rings is 1. The second kappa shape index (κ2) is 9.95. The lowest BCUT2D eigenvalue weighted by molar-refractivity contribution is -0.127. The van der Waals surface area contributed by atoms with Crippen LogP contribution in [0.15, 0.2) is 59.5 Å². The molecule has 34 heavy (non-hydrogen) atoms. The molecule has 0 radical (unpaired) electrons. The Morgan fingerprint density at radius 1 is 1.06 bits per heavy atom. The zero-order valence-corrected chi connectivity index (χ0v) is 20.4. The summed E-state index contributed by atoms with van der Waals surface area (Å²) in [6.45, 7) is 2.97. The Hall–Kier alpha value is -2.59. The maximum atomic E-state index is 12.9. The molecule has 1 aromatic heterocycles. The Labute approximate surface area is 203 Å². The molecular weight excluding hydrogens is 470 g/mol. The number of aromatic nitrogens is 1. The molecule has 2 aliphatic heterocycles. The smallest absolute Gasteiger partial charge is 0.246 e. The van der Waals surface area contributed by atoms with Crippen molar-refractivity contribution in [3.8, 4) is 0 Å². The average Bonchev–Trinajstić information content (AvgIpc) is 3.33. The van der Waals surface area contributed by atoms with Gasteiger partial charge in [0.15, 0.2) is 0 Å². The lowest BCUT2D eigenvalue weighted by atomic mass is 9.98. The fraction of sp³-hybridized carbons (Fsp3) is 0.360. The second-order valence-corrected chi connectivity index (χ2v) is 11.6. The first-order chi connectivity index (χ1) is 16.5. The molecule has 0 N–H and O–H groups in total. The minimum Gasteiger partial charge on any atom is -0.379 e. The van der Waals surface area contributed by atoms with Gasteiger partial charge in [0.05, 0.1) is 33.3 Å². The van der Waals surface area contributed by atoms with E-state index in [1.54, 1.807) is 47.8 Å². The summed E-state index contributed by atoms with van der Waals surface area (Å²) in [6.07, 6.45) is 5.31. The minimum absolute atomic E-state index is 0.0316. The first kappa shape index (κ1) is 23.2. The van der Waals surface area contributed by atoms with Crippen molar-refractivity contribution in [3.63, 3.8) is 0 Å². The lowest BCUT2D eigenvalue weighted by Crippen LogP contribution is -2.40. The number of likely N-dealkylation sites (tertiary alicyclic amines) is 1. The van der Waals surface area contributed by atoms with Crippen LogP contribution < -0.4 is 0 Å². The summed E-state index contributed by atoms with van der Waals surface area (Å²) < 4.78 is 33.4. The van der Waals surface area contributed by atoms with Crippen LogP contribution in [-0.4, -0.2) is 67.9 Å². The van der Waals surface area contributed by atoms with Gasteiger partial charge in [0.25, 0.3) is 0 Å². The molecule has 1 atom stereocenters. The van der Waals surface area contributed by atoms with Crippen LogP contribution >= 0.6 is 11.3 Å². The third-order valence-corrected chi connectivity index (χ3v) is 9.41. The van der Waals surface area contributed by atoms with E-state index >= 15 is 0 Å². The number of rotatable bonds is 5. The van der Waals surface area contributed by atoms with Crippen LogP contribution in [0, 0.1) is 0 Å². The fourth-order valence-corrected chi connectivity index (χ4v) is 6.90. The monoisotopic (exact) mass is 497 g/mol. The van der Waals surface area contributed by atoms with E-state index in [1.165, 1.54) is 9.01 Å². The number of hydrogen-bond acceptors (Lipinski definition) is 6. The predicted molar refractivity (Wildman–Crippen MR) is 133 cm³/mol. The third-order valence-electron chi connectivity index (χ3n) is 6.30. The number of hydrogen-bond donors (Lipinski definition) is 0. The summed E-state index contributed by atoms with van der Waals surface area (Å²) in [5, 5.41) is 1.10. The van der Waals surface area contributed by atoms with Crippen LogP contribution in [0.2, 0.25) is 0 Å². The average molecular weight is 498 g/mol. The van der Waals surface area contributed by atoms with Crippen molar-refractivity contribution in [1.29, 1.82) is 0 Å². The fourth-order valence-electron chi connectivity index (χ4n) is 4.40. The number of carbonyl (C=O) groups excluding carboxylic acids is 1. The van der Waals surface area contributed by atoms with E-state index in [1.807, 2.05) is 23.1 Å². The summed E-state index contributed by atoms with van der Waals surface area (Å²) in [6, 6.07) is 14.8. The van der Waals surface area contributed by atoms with E-state index in [9.17, 15) is 13.2 Å². The largest absolute Gasteiger partial charge is 0.379 e. The van der Waals surface area contributed by atoms with Crippen molar-refractivity contribution in [1.82, 2.24) is 14.2 Å². The number of para-hydroxylation sites is 1. The van der Waals surface area contributed by atoms with Crippen molar-refractivity contribution in [3.05, 3.63) is 65.2 Å². The Morgan fingerprint density at radius 2 is 1.82 bits per heavy atom. The lowest BCUT2D eigenvalue weighted by Gasteiger charge is -2.31. The topological polar surface area (TPSA) is 79.8 Å². The zero-order chi connectivity index (χ0) is 23.5. The molecule has 0 aliphatic carbocycles. The summed E-state index contributed by atoms with van der Waals surface area (Å²) in [5.41, 5.74) is 1.80. The van der Waals surface area contributed by atoms with Crippen LogP contribution in [0.4, 0.5) is 0 Å². The van der Waals surface area contributed by atoms with Gasteiger partial charge in [-0.2, -0.15) is 4.31 Å². The molecule has 0 spiro atoms. The Kier molecular flexibility index (Phi) is 6.78. The molecule has 2 saturated heterocycles. The molecule has 1 unspecified atom stereocenters. The Bertz CT molecular complexity index is 1260. The van der Waals surface area contributed by atoms with Crippen molar-refractivity contribution >= 4 is 43.6 Å². The molecule has 1 amide bonds. The number of benzene rings is 2. The highest BCUT2D eigenvalue weighted by Gasteiger charge is 2.27. The summed E-state index contributed by atoms with van der Waals surface area (Å²) >= 11 is 1.71. The molecule has 7 nitrogen and oxygen atoms in total. The molecule has 3 heterocycles. The Morgan fingerprint density at radius 3 is 2.59 bits per heavy atom. The molecule has 0 bridgehead atoms. The van der Waals surface area contributed by atoms with Crippen molar-refractivity contribution in [2.45, 2.75) is 23.7 Å². The molecule has 2 aromatic carbocycles. The van der Waals surface area contributed by atoms with Crippen molar-refractivity contribution in [2.75, 3.05) is 39.4 Å². The van der Waals surface area contributed by atoms with Crippen molar-refractivity contribution < 1.29 is 17.9 Å². The zero-order valence-electron chi connectivity index (χ0n) is 18.8. The normalized spacial score (nSPS) is 20.2. The number of carbonyl (C=O) groups is 1. The summed E-state index contributed by atoms with van der Waals surface area (Å²) in [4.78, 5) is 19.8. The van der Waals surface area contributed by atoms with Gasteiger partial charge in [0.2, 0.25) is 15.9 Å². The van der Waals surface area contributed by atoms with Crippen LogP contribution in [0.5, 0.6) is 0 Å². The first-order valence-corrected chi connectivity index (χ1v) is 13.8. The molecule has 2 aliphatic rings. The number of piperidine rings is 1. The molecule has 9 heteroatoms. The van der Waals surface area contributed by atoms with Crippen LogP contribution in [0.1, 0.15) is 29.3 Å². The van der Waals surface area contributed by atoms with E-state index in [0.717, 1.165) is 35.5 Å². The van der Waals surface area contributed by atoms with Gasteiger partial charge in [-0.1, -0.05) is 24.3 Å². The van der Waals surface area contributed by atoms with Gasteiger partial charge >= 0.3 is 0 Å². The van der Waals surface area contributed by atoms with Crippen LogP contribution in [0.25, 0.3) is 16.3 Å². The molecular formula is C25H27N3O4S2. The highest BCUT2D eigenvalue weighted by Crippen LogP contribution is 2.33. The Balaban J connectivity index is 1.23. The van der Waals surface area contributed by atoms with Gasteiger partial charge in [0.1, 0.15) is 0 Å². The molecule has 5 rings (SSSR count). The third kappa shape index (κ3) is 4.93. The van der Waals surface area contributed by atoms with Gasteiger partial charge in [-0.15, -0.1) is 11.3 Å². The van der Waals surface area contributed by atoms with Gasteiger partial charge in [-0.05, 0) is 48.7 Å². The van der Waals surface area contributed by atoms with E-state index in [0.29, 0.717) is 32.8 Å². The number of nitrogens with zero attached hydrogens (tertiary/aromatic N) is 3. The van der Waals surface area contributed by atoms with Crippen LogP contribution in [0.3, 0.4) is 0 Å². The van der Waals surface area contributed by atoms with E-state index in [-0.39, 0.29) is 16.7 Å². The highest BCUT2D eigenvalue weighted by molar-refractivity contribution is 7.89. The van der Waals surface area contributed by atoms with Gasteiger partial charge in [-0.3, -0.25) is 4.79 Å². The highest BCUT2D eigenvalue weighted by atomic mass is 32.2. The van der Waals surface area contributed by atoms with E-state index in [4.69, 9.17) is 9.72 Å². The minimum atomic E-state index is -3.52. The maximum absolute atomic E-state index is 12.9. The first-order valence-electron chi connectivity index (χ1n) is 11.5. The molecule has 3 aromatic rings. The van der Waals surface area contributed by atoms with Gasteiger partial charge in [0, 0.05) is 38.2 Å². The number of amides is 1. The summed E-state index contributed by atoms with van der Waals surface area (Å²) in [7, 11) is -3.52. The van der Waals surface area contributed by atoms with Crippen LogP contribution in [-0.2, 0) is 19.6 Å².